The second kappa shape index (κ2) is 12.3. The molecule has 1 N–H and O–H groups in total. The minimum absolute atomic E-state index is 0.157. The number of hydrogen-bond acceptors (Lipinski definition) is 8. The molecular weight excluding hydrogens is 537 g/mol. The van der Waals surface area contributed by atoms with E-state index in [-0.39, 0.29) is 18.3 Å². The van der Waals surface area contributed by atoms with Crippen molar-refractivity contribution in [2.75, 3.05) is 17.7 Å². The molecule has 0 aliphatic heterocycles. The van der Waals surface area contributed by atoms with E-state index in [0.29, 0.717) is 10.6 Å². The Labute approximate surface area is 234 Å². The molecule has 198 valence electrons. The van der Waals surface area contributed by atoms with Crippen molar-refractivity contribution in [1.82, 2.24) is 14.8 Å². The lowest BCUT2D eigenvalue weighted by Gasteiger charge is -2.13. The van der Waals surface area contributed by atoms with E-state index in [4.69, 9.17) is 4.74 Å². The number of esters is 1. The summed E-state index contributed by atoms with van der Waals surface area (Å²) in [5, 5.41) is 17.3. The molecule has 0 saturated carbocycles. The number of thioether (sulfide) groups is 1. The Hall–Kier alpha value is -2.95. The third-order valence-corrected chi connectivity index (χ3v) is 9.36. The molecule has 0 saturated heterocycles. The largest absolute Gasteiger partial charge is 0.462 e. The van der Waals surface area contributed by atoms with Gasteiger partial charge in [0.05, 0.1) is 12.4 Å². The van der Waals surface area contributed by atoms with E-state index in [1.165, 1.54) is 51.9 Å². The molecule has 0 fully saturated rings. The van der Waals surface area contributed by atoms with Gasteiger partial charge in [0.1, 0.15) is 10.6 Å². The predicted octanol–water partition coefficient (Wildman–Crippen LogP) is 6.93. The van der Waals surface area contributed by atoms with Crippen molar-refractivity contribution < 1.29 is 14.3 Å². The number of benzene rings is 1. The highest BCUT2D eigenvalue weighted by molar-refractivity contribution is 7.99. The first-order valence-corrected chi connectivity index (χ1v) is 15.6. The summed E-state index contributed by atoms with van der Waals surface area (Å²) in [5.74, 6) is 0.402. The molecule has 5 rings (SSSR count). The fourth-order valence-corrected chi connectivity index (χ4v) is 7.54. The molecule has 0 atom stereocenters. The van der Waals surface area contributed by atoms with Crippen LogP contribution in [-0.4, -0.2) is 39.0 Å². The van der Waals surface area contributed by atoms with Gasteiger partial charge in [0, 0.05) is 33.3 Å². The molecule has 4 aromatic rings. The lowest BCUT2D eigenvalue weighted by molar-refractivity contribution is -0.113. The average molecular weight is 567 g/mol. The number of fused-ring (bicyclic) bond motifs is 1. The Kier molecular flexibility index (Phi) is 8.61. The summed E-state index contributed by atoms with van der Waals surface area (Å²) in [6, 6.07) is 9.65. The van der Waals surface area contributed by atoms with Crippen molar-refractivity contribution in [3.8, 4) is 22.5 Å². The zero-order valence-electron chi connectivity index (χ0n) is 21.5. The van der Waals surface area contributed by atoms with Crippen LogP contribution in [0.3, 0.4) is 0 Å². The predicted molar refractivity (Wildman–Crippen MR) is 155 cm³/mol. The van der Waals surface area contributed by atoms with Crippen molar-refractivity contribution in [1.29, 1.82) is 0 Å². The van der Waals surface area contributed by atoms with Gasteiger partial charge in [-0.15, -0.1) is 32.9 Å². The number of thiophene rings is 2. The van der Waals surface area contributed by atoms with Crippen LogP contribution in [0.25, 0.3) is 22.5 Å². The van der Waals surface area contributed by atoms with Crippen LogP contribution in [0.4, 0.5) is 5.00 Å². The maximum absolute atomic E-state index is 13.0. The zero-order valence-corrected chi connectivity index (χ0v) is 23.9. The number of anilines is 1. The Bertz CT molecular complexity index is 1420. The van der Waals surface area contributed by atoms with Crippen molar-refractivity contribution in [2.24, 2.45) is 0 Å². The molecule has 0 spiro atoms. The third-order valence-electron chi connectivity index (χ3n) is 6.41. The SMILES string of the molecule is CCCn1c(SCC(=O)Nc2scc(-c3ccccc3)c2C(=O)OCC)nnc1-c1csc2c1CCCC2. The van der Waals surface area contributed by atoms with E-state index in [1.807, 2.05) is 47.0 Å². The summed E-state index contributed by atoms with van der Waals surface area (Å²) in [7, 11) is 0. The van der Waals surface area contributed by atoms with Gasteiger partial charge in [-0.3, -0.25) is 4.79 Å². The number of aromatic nitrogens is 3. The van der Waals surface area contributed by atoms with E-state index in [1.54, 1.807) is 6.92 Å². The van der Waals surface area contributed by atoms with Gasteiger partial charge in [-0.2, -0.15) is 0 Å². The number of carbonyl (C=O) groups is 2. The smallest absolute Gasteiger partial charge is 0.341 e. The number of amides is 1. The van der Waals surface area contributed by atoms with Gasteiger partial charge < -0.3 is 14.6 Å². The zero-order chi connectivity index (χ0) is 26.5. The van der Waals surface area contributed by atoms with E-state index >= 15 is 0 Å². The Morgan fingerprint density at radius 3 is 2.63 bits per heavy atom. The van der Waals surface area contributed by atoms with E-state index < -0.39 is 5.97 Å². The fraction of sp³-hybridized carbons (Fsp3) is 0.357. The molecule has 1 aliphatic carbocycles. The lowest BCUT2D eigenvalue weighted by Crippen LogP contribution is -2.17. The normalized spacial score (nSPS) is 12.8. The van der Waals surface area contributed by atoms with Gasteiger partial charge in [-0.1, -0.05) is 49.0 Å². The summed E-state index contributed by atoms with van der Waals surface area (Å²) < 4.78 is 7.45. The topological polar surface area (TPSA) is 86.1 Å². The quantitative estimate of drug-likeness (QED) is 0.165. The molecule has 1 aliphatic rings. The first-order chi connectivity index (χ1) is 18.6. The summed E-state index contributed by atoms with van der Waals surface area (Å²) in [5.41, 5.74) is 4.65. The third kappa shape index (κ3) is 5.57. The lowest BCUT2D eigenvalue weighted by atomic mass is 9.95. The van der Waals surface area contributed by atoms with Crippen LogP contribution in [0.5, 0.6) is 0 Å². The Morgan fingerprint density at radius 2 is 1.84 bits per heavy atom. The van der Waals surface area contributed by atoms with Crippen molar-refractivity contribution in [3.05, 3.63) is 57.1 Å². The van der Waals surface area contributed by atoms with Crippen molar-refractivity contribution >= 4 is 51.3 Å². The number of nitrogens with zero attached hydrogens (tertiary/aromatic N) is 3. The first-order valence-electron chi connectivity index (χ1n) is 12.9. The summed E-state index contributed by atoms with van der Waals surface area (Å²) in [6.45, 7) is 4.95. The van der Waals surface area contributed by atoms with E-state index in [2.05, 4.69) is 32.4 Å². The highest BCUT2D eigenvalue weighted by Gasteiger charge is 2.24. The monoisotopic (exact) mass is 566 g/mol. The second-order valence-electron chi connectivity index (χ2n) is 8.99. The second-order valence-corrected chi connectivity index (χ2v) is 11.8. The van der Waals surface area contributed by atoms with Gasteiger partial charge in [0.15, 0.2) is 11.0 Å². The van der Waals surface area contributed by atoms with Crippen LogP contribution in [-0.2, 0) is 28.9 Å². The van der Waals surface area contributed by atoms with Crippen LogP contribution < -0.4 is 5.32 Å². The Balaban J connectivity index is 1.33. The molecule has 7 nitrogen and oxygen atoms in total. The summed E-state index contributed by atoms with van der Waals surface area (Å²) in [6.07, 6.45) is 5.64. The molecule has 0 radical (unpaired) electrons. The molecule has 38 heavy (non-hydrogen) atoms. The van der Waals surface area contributed by atoms with Crippen molar-refractivity contribution in [3.63, 3.8) is 0 Å². The number of nitrogens with one attached hydrogen (secondary N) is 1. The Morgan fingerprint density at radius 1 is 1.05 bits per heavy atom. The molecule has 0 bridgehead atoms. The first kappa shape index (κ1) is 26.6. The van der Waals surface area contributed by atoms with E-state index in [9.17, 15) is 9.59 Å². The number of hydrogen-bond donors (Lipinski definition) is 1. The van der Waals surface area contributed by atoms with Crippen LogP contribution in [0.2, 0.25) is 0 Å². The maximum atomic E-state index is 13.0. The van der Waals surface area contributed by atoms with E-state index in [0.717, 1.165) is 47.9 Å². The van der Waals surface area contributed by atoms with Crippen LogP contribution in [0, 0.1) is 0 Å². The molecule has 3 heterocycles. The van der Waals surface area contributed by atoms with Crippen LogP contribution >= 0.6 is 34.4 Å². The molecule has 10 heteroatoms. The maximum Gasteiger partial charge on any atom is 0.341 e. The molecule has 1 amide bonds. The molecule has 1 aromatic carbocycles. The number of rotatable bonds is 10. The van der Waals surface area contributed by atoms with Gasteiger partial charge in [-0.05, 0) is 50.2 Å². The van der Waals surface area contributed by atoms with Gasteiger partial charge in [0.2, 0.25) is 5.91 Å². The van der Waals surface area contributed by atoms with Gasteiger partial charge in [-0.25, -0.2) is 4.79 Å². The number of aryl methyl sites for hydroxylation is 1. The molecule has 3 aromatic heterocycles. The summed E-state index contributed by atoms with van der Waals surface area (Å²) in [4.78, 5) is 27.3. The molecular formula is C28H30N4O3S3. The van der Waals surface area contributed by atoms with Gasteiger partial charge in [0.25, 0.3) is 0 Å². The molecule has 0 unspecified atom stereocenters. The summed E-state index contributed by atoms with van der Waals surface area (Å²) >= 11 is 4.52. The van der Waals surface area contributed by atoms with Crippen LogP contribution in [0.1, 0.15) is 53.9 Å². The highest BCUT2D eigenvalue weighted by atomic mass is 32.2. The average Bonchev–Trinajstić information content (AvgIpc) is 3.65. The fourth-order valence-electron chi connectivity index (χ4n) is 4.68. The highest BCUT2D eigenvalue weighted by Crippen LogP contribution is 2.38. The van der Waals surface area contributed by atoms with Crippen molar-refractivity contribution in [2.45, 2.75) is 57.7 Å². The van der Waals surface area contributed by atoms with Gasteiger partial charge >= 0.3 is 5.97 Å². The minimum Gasteiger partial charge on any atom is -0.462 e. The van der Waals surface area contributed by atoms with Crippen LogP contribution in [0.15, 0.2) is 46.2 Å². The number of carbonyl (C=O) groups excluding carboxylic acids is 2. The number of ether oxygens (including phenoxy) is 1. The minimum atomic E-state index is -0.443. The standard InChI is InChI=1S/C28H30N4O3S3/c1-3-14-32-25(21-16-36-22-13-9-8-12-19(21)22)30-31-28(32)38-17-23(33)29-26-24(27(34)35-4-2)20(15-37-26)18-10-6-5-7-11-18/h5-7,10-11,15-16H,3-4,8-9,12-14,17H2,1-2H3,(H,29,33).